The van der Waals surface area contributed by atoms with Crippen molar-refractivity contribution in [2.24, 2.45) is 11.8 Å². The molecule has 0 radical (unpaired) electrons. The molecular formula is C12H23NOS. The molecule has 0 aromatic rings. The van der Waals surface area contributed by atoms with Gasteiger partial charge in [-0.2, -0.15) is 12.6 Å². The predicted octanol–water partition coefficient (Wildman–Crippen LogP) is 2.64. The van der Waals surface area contributed by atoms with Crippen LogP contribution in [0.4, 0.5) is 0 Å². The Balaban J connectivity index is 2.08. The standard InChI is InChI=1S/C12H23NOS/c1-9-3-5-11(6-4-9)7-8-13-12(14)10(2)15/h9-11,15H,3-8H2,1-2H3,(H,13,14). The summed E-state index contributed by atoms with van der Waals surface area (Å²) in [5.41, 5.74) is 0. The number of rotatable bonds is 4. The molecule has 0 bridgehead atoms. The van der Waals surface area contributed by atoms with E-state index >= 15 is 0 Å². The lowest BCUT2D eigenvalue weighted by Crippen LogP contribution is -2.31. The van der Waals surface area contributed by atoms with E-state index < -0.39 is 0 Å². The Morgan fingerprint density at radius 2 is 2.00 bits per heavy atom. The number of carbonyl (C=O) groups is 1. The Morgan fingerprint density at radius 1 is 1.40 bits per heavy atom. The number of nitrogens with one attached hydrogen (secondary N) is 1. The largest absolute Gasteiger partial charge is 0.355 e. The Kier molecular flexibility index (Phi) is 5.51. The van der Waals surface area contributed by atoms with Gasteiger partial charge in [-0.25, -0.2) is 0 Å². The van der Waals surface area contributed by atoms with Gasteiger partial charge < -0.3 is 5.32 Å². The molecular weight excluding hydrogens is 206 g/mol. The van der Waals surface area contributed by atoms with E-state index in [0.29, 0.717) is 0 Å². The topological polar surface area (TPSA) is 29.1 Å². The first-order valence-corrected chi connectivity index (χ1v) is 6.57. The molecule has 1 aliphatic carbocycles. The van der Waals surface area contributed by atoms with E-state index in [9.17, 15) is 4.79 Å². The summed E-state index contributed by atoms with van der Waals surface area (Å²) >= 11 is 4.09. The molecule has 0 saturated heterocycles. The molecule has 1 unspecified atom stereocenters. The third kappa shape index (κ3) is 4.92. The highest BCUT2D eigenvalue weighted by Crippen LogP contribution is 2.29. The summed E-state index contributed by atoms with van der Waals surface area (Å²) in [5.74, 6) is 1.80. The van der Waals surface area contributed by atoms with Crippen LogP contribution in [0.3, 0.4) is 0 Å². The summed E-state index contributed by atoms with van der Waals surface area (Å²) in [6.07, 6.45) is 6.54. The third-order valence-corrected chi connectivity index (χ3v) is 3.60. The molecule has 3 heteroatoms. The van der Waals surface area contributed by atoms with E-state index in [1.165, 1.54) is 25.7 Å². The minimum atomic E-state index is -0.184. The highest BCUT2D eigenvalue weighted by atomic mass is 32.1. The van der Waals surface area contributed by atoms with Gasteiger partial charge in [-0.05, 0) is 25.2 Å². The van der Waals surface area contributed by atoms with E-state index in [2.05, 4.69) is 24.9 Å². The second-order valence-corrected chi connectivity index (χ2v) is 5.66. The van der Waals surface area contributed by atoms with Gasteiger partial charge >= 0.3 is 0 Å². The monoisotopic (exact) mass is 229 g/mol. The van der Waals surface area contributed by atoms with Crippen molar-refractivity contribution in [3.63, 3.8) is 0 Å². The lowest BCUT2D eigenvalue weighted by Gasteiger charge is -2.26. The normalized spacial score (nSPS) is 28.5. The van der Waals surface area contributed by atoms with Gasteiger partial charge in [-0.1, -0.05) is 32.6 Å². The first kappa shape index (κ1) is 12.9. The predicted molar refractivity (Wildman–Crippen MR) is 67.2 cm³/mol. The van der Waals surface area contributed by atoms with Crippen LogP contribution in [0, 0.1) is 11.8 Å². The Hall–Kier alpha value is -0.180. The summed E-state index contributed by atoms with van der Waals surface area (Å²) in [7, 11) is 0. The number of hydrogen-bond donors (Lipinski definition) is 2. The first-order chi connectivity index (χ1) is 7.09. The zero-order chi connectivity index (χ0) is 11.3. The molecule has 0 aromatic carbocycles. The summed E-state index contributed by atoms with van der Waals surface area (Å²) in [4.78, 5) is 11.2. The number of hydrogen-bond acceptors (Lipinski definition) is 2. The summed E-state index contributed by atoms with van der Waals surface area (Å²) < 4.78 is 0. The Morgan fingerprint density at radius 3 is 2.53 bits per heavy atom. The van der Waals surface area contributed by atoms with Gasteiger partial charge in [0, 0.05) is 6.54 Å². The van der Waals surface area contributed by atoms with Crippen molar-refractivity contribution in [2.75, 3.05) is 6.54 Å². The number of amides is 1. The zero-order valence-electron chi connectivity index (χ0n) is 9.83. The molecule has 0 heterocycles. The molecule has 0 aliphatic heterocycles. The van der Waals surface area contributed by atoms with Crippen molar-refractivity contribution in [1.29, 1.82) is 0 Å². The molecule has 88 valence electrons. The zero-order valence-corrected chi connectivity index (χ0v) is 10.7. The fourth-order valence-electron chi connectivity index (χ4n) is 2.16. The van der Waals surface area contributed by atoms with Crippen molar-refractivity contribution in [1.82, 2.24) is 5.32 Å². The molecule has 0 aromatic heterocycles. The van der Waals surface area contributed by atoms with E-state index in [-0.39, 0.29) is 11.2 Å². The molecule has 2 nitrogen and oxygen atoms in total. The molecule has 1 amide bonds. The van der Waals surface area contributed by atoms with Crippen molar-refractivity contribution >= 4 is 18.5 Å². The van der Waals surface area contributed by atoms with Crippen LogP contribution in [-0.2, 0) is 4.79 Å². The molecule has 1 aliphatic rings. The molecule has 15 heavy (non-hydrogen) atoms. The van der Waals surface area contributed by atoms with Crippen LogP contribution >= 0.6 is 12.6 Å². The number of carbonyl (C=O) groups excluding carboxylic acids is 1. The van der Waals surface area contributed by atoms with Crippen LogP contribution in [0.15, 0.2) is 0 Å². The van der Waals surface area contributed by atoms with E-state index in [1.54, 1.807) is 6.92 Å². The smallest absolute Gasteiger partial charge is 0.232 e. The molecule has 1 N–H and O–H groups in total. The van der Waals surface area contributed by atoms with Gasteiger partial charge in [0.15, 0.2) is 0 Å². The fraction of sp³-hybridized carbons (Fsp3) is 0.917. The average Bonchev–Trinajstić information content (AvgIpc) is 2.20. The minimum Gasteiger partial charge on any atom is -0.355 e. The highest BCUT2D eigenvalue weighted by molar-refractivity contribution is 7.81. The first-order valence-electron chi connectivity index (χ1n) is 6.05. The summed E-state index contributed by atoms with van der Waals surface area (Å²) in [6.45, 7) is 4.96. The average molecular weight is 229 g/mol. The maximum Gasteiger partial charge on any atom is 0.232 e. The molecule has 1 rings (SSSR count). The Bertz CT molecular complexity index is 198. The van der Waals surface area contributed by atoms with Crippen LogP contribution in [-0.4, -0.2) is 17.7 Å². The second kappa shape index (κ2) is 6.41. The maximum atomic E-state index is 11.2. The van der Waals surface area contributed by atoms with Gasteiger partial charge in [0.25, 0.3) is 0 Å². The van der Waals surface area contributed by atoms with Crippen LogP contribution < -0.4 is 5.32 Å². The molecule has 1 saturated carbocycles. The van der Waals surface area contributed by atoms with Crippen molar-refractivity contribution < 1.29 is 4.79 Å². The SMILES string of the molecule is CC1CCC(CCNC(=O)C(C)S)CC1. The third-order valence-electron chi connectivity index (χ3n) is 3.37. The summed E-state index contributed by atoms with van der Waals surface area (Å²) in [5, 5.41) is 2.74. The van der Waals surface area contributed by atoms with Crippen molar-refractivity contribution in [2.45, 2.75) is 51.2 Å². The quantitative estimate of drug-likeness (QED) is 0.713. The van der Waals surface area contributed by atoms with E-state index in [0.717, 1.165) is 24.8 Å². The molecule has 0 spiro atoms. The fourth-order valence-corrected chi connectivity index (χ4v) is 2.26. The maximum absolute atomic E-state index is 11.2. The van der Waals surface area contributed by atoms with E-state index in [1.807, 2.05) is 0 Å². The summed E-state index contributed by atoms with van der Waals surface area (Å²) in [6, 6.07) is 0. The van der Waals surface area contributed by atoms with Crippen LogP contribution in [0.1, 0.15) is 46.0 Å². The van der Waals surface area contributed by atoms with E-state index in [4.69, 9.17) is 0 Å². The number of thiol groups is 1. The van der Waals surface area contributed by atoms with Crippen LogP contribution in [0.5, 0.6) is 0 Å². The van der Waals surface area contributed by atoms with Crippen molar-refractivity contribution in [3.05, 3.63) is 0 Å². The second-order valence-electron chi connectivity index (χ2n) is 4.88. The highest BCUT2D eigenvalue weighted by Gasteiger charge is 2.18. The van der Waals surface area contributed by atoms with Gasteiger partial charge in [0.2, 0.25) is 5.91 Å². The minimum absolute atomic E-state index is 0.0579. The van der Waals surface area contributed by atoms with Gasteiger partial charge in [-0.3, -0.25) is 4.79 Å². The lowest BCUT2D eigenvalue weighted by molar-refractivity contribution is -0.120. The van der Waals surface area contributed by atoms with Crippen molar-refractivity contribution in [3.8, 4) is 0 Å². The van der Waals surface area contributed by atoms with Crippen LogP contribution in [0.2, 0.25) is 0 Å². The van der Waals surface area contributed by atoms with Gasteiger partial charge in [-0.15, -0.1) is 0 Å². The van der Waals surface area contributed by atoms with Gasteiger partial charge in [0.1, 0.15) is 0 Å². The molecule has 1 atom stereocenters. The Labute approximate surface area is 98.6 Å². The van der Waals surface area contributed by atoms with Gasteiger partial charge in [0.05, 0.1) is 5.25 Å². The molecule has 1 fully saturated rings. The van der Waals surface area contributed by atoms with Crippen LogP contribution in [0.25, 0.3) is 0 Å². The lowest BCUT2D eigenvalue weighted by atomic mass is 9.81.